The van der Waals surface area contributed by atoms with Crippen LogP contribution < -0.4 is 0 Å². The Balaban J connectivity index is 1.42. The number of ether oxygens (including phenoxy) is 1. The Kier molecular flexibility index (Phi) is 4.05. The summed E-state index contributed by atoms with van der Waals surface area (Å²) >= 11 is 0. The quantitative estimate of drug-likeness (QED) is 0.524. The molecule has 9 atom stereocenters. The zero-order chi connectivity index (χ0) is 20.1. The van der Waals surface area contributed by atoms with Crippen LogP contribution in [0.5, 0.6) is 0 Å². The van der Waals surface area contributed by atoms with Crippen LogP contribution in [0.25, 0.3) is 0 Å². The molecule has 5 nitrogen and oxygen atoms in total. The summed E-state index contributed by atoms with van der Waals surface area (Å²) < 4.78 is 35.1. The molecule has 6 heteroatoms. The Labute approximate surface area is 169 Å². The van der Waals surface area contributed by atoms with Crippen molar-refractivity contribution in [3.8, 4) is 0 Å². The van der Waals surface area contributed by atoms with Crippen molar-refractivity contribution in [2.24, 2.45) is 34.5 Å². The lowest BCUT2D eigenvalue weighted by Crippen LogP contribution is -2.59. The molecule has 5 aliphatic rings. The Morgan fingerprint density at radius 2 is 1.82 bits per heavy atom. The number of Topliss-reactive ketones (excluding diaryl/α,β-unsaturated/α-hetero) is 1. The maximum absolute atomic E-state index is 12.3. The molecule has 4 saturated carbocycles. The van der Waals surface area contributed by atoms with Gasteiger partial charge in [-0.2, -0.15) is 8.42 Å². The van der Waals surface area contributed by atoms with Crippen LogP contribution in [0.1, 0.15) is 72.1 Å². The lowest BCUT2D eigenvalue weighted by atomic mass is 9.44. The monoisotopic (exact) mass is 410 g/mol. The average molecular weight is 411 g/mol. The summed E-state index contributed by atoms with van der Waals surface area (Å²) in [5, 5.41) is 0. The molecule has 5 fully saturated rings. The number of ketones is 1. The molecular formula is C22H34O5S. The highest BCUT2D eigenvalue weighted by Crippen LogP contribution is 2.74. The van der Waals surface area contributed by atoms with Crippen molar-refractivity contribution < 1.29 is 22.1 Å². The topological polar surface area (TPSA) is 73.0 Å². The van der Waals surface area contributed by atoms with Gasteiger partial charge in [-0.05, 0) is 75.0 Å². The molecule has 158 valence electrons. The maximum Gasteiger partial charge on any atom is 0.264 e. The molecule has 0 N–H and O–H groups in total. The zero-order valence-electron chi connectivity index (χ0n) is 17.6. The van der Waals surface area contributed by atoms with Crippen LogP contribution >= 0.6 is 0 Å². The van der Waals surface area contributed by atoms with E-state index in [1.165, 1.54) is 12.8 Å². The maximum atomic E-state index is 12.3. The van der Waals surface area contributed by atoms with Crippen molar-refractivity contribution >= 4 is 15.9 Å². The van der Waals surface area contributed by atoms with E-state index in [2.05, 4.69) is 13.8 Å². The fraction of sp³-hybridized carbons (Fsp3) is 0.955. The van der Waals surface area contributed by atoms with E-state index in [0.29, 0.717) is 30.0 Å². The van der Waals surface area contributed by atoms with Gasteiger partial charge >= 0.3 is 0 Å². The van der Waals surface area contributed by atoms with Gasteiger partial charge in [0.2, 0.25) is 0 Å². The fourth-order valence-electron chi connectivity index (χ4n) is 8.64. The van der Waals surface area contributed by atoms with Crippen LogP contribution in [0.3, 0.4) is 0 Å². The molecule has 1 heterocycles. The van der Waals surface area contributed by atoms with Crippen LogP contribution in [-0.4, -0.2) is 38.3 Å². The van der Waals surface area contributed by atoms with Gasteiger partial charge in [-0.15, -0.1) is 0 Å². The third kappa shape index (κ3) is 2.49. The number of hydrogen-bond donors (Lipinski definition) is 0. The van der Waals surface area contributed by atoms with Gasteiger partial charge in [0, 0.05) is 17.8 Å². The molecule has 0 unspecified atom stereocenters. The van der Waals surface area contributed by atoms with Gasteiger partial charge in [0.25, 0.3) is 10.1 Å². The van der Waals surface area contributed by atoms with Crippen LogP contribution in [0.4, 0.5) is 0 Å². The predicted octanol–water partition coefficient (Wildman–Crippen LogP) is 3.71. The molecule has 1 aliphatic heterocycles. The highest BCUT2D eigenvalue weighted by Gasteiger charge is 2.76. The summed E-state index contributed by atoms with van der Waals surface area (Å²) in [6, 6.07) is 0. The molecule has 4 aliphatic carbocycles. The van der Waals surface area contributed by atoms with Crippen molar-refractivity contribution in [2.45, 2.75) is 89.9 Å². The van der Waals surface area contributed by atoms with Crippen molar-refractivity contribution in [1.29, 1.82) is 0 Å². The van der Waals surface area contributed by atoms with Gasteiger partial charge in [0.05, 0.1) is 18.5 Å². The molecule has 0 amide bonds. The number of rotatable bonds is 3. The number of fused-ring (bicyclic) bond motifs is 4. The normalized spacial score (nSPS) is 54.9. The average Bonchev–Trinajstić information content (AvgIpc) is 3.14. The van der Waals surface area contributed by atoms with Gasteiger partial charge in [0.15, 0.2) is 0 Å². The molecular weight excluding hydrogens is 376 g/mol. The summed E-state index contributed by atoms with van der Waals surface area (Å²) in [6.07, 6.45) is 9.25. The molecule has 28 heavy (non-hydrogen) atoms. The summed E-state index contributed by atoms with van der Waals surface area (Å²) in [5.41, 5.74) is 0.0799. The predicted molar refractivity (Wildman–Crippen MR) is 105 cm³/mol. The Hall–Kier alpha value is -0.460. The van der Waals surface area contributed by atoms with E-state index < -0.39 is 10.1 Å². The summed E-state index contributed by atoms with van der Waals surface area (Å²) in [5.74, 6) is 2.50. The second-order valence-corrected chi connectivity index (χ2v) is 12.6. The molecule has 0 radical (unpaired) electrons. The first-order chi connectivity index (χ1) is 13.0. The van der Waals surface area contributed by atoms with Crippen molar-refractivity contribution in [1.82, 2.24) is 0 Å². The van der Waals surface area contributed by atoms with E-state index in [1.54, 1.807) is 6.92 Å². The number of epoxide rings is 1. The highest BCUT2D eigenvalue weighted by molar-refractivity contribution is 7.86. The Bertz CT molecular complexity index is 808. The van der Waals surface area contributed by atoms with Crippen LogP contribution in [0.15, 0.2) is 0 Å². The first-order valence-corrected chi connectivity index (χ1v) is 12.9. The lowest BCUT2D eigenvalue weighted by molar-refractivity contribution is -0.132. The van der Waals surface area contributed by atoms with E-state index >= 15 is 0 Å². The molecule has 0 aromatic rings. The minimum Gasteiger partial charge on any atom is -0.365 e. The smallest absolute Gasteiger partial charge is 0.264 e. The SMILES string of the molecule is CC(=O)[C@H]1CC[C@H]2[C@@H]3C[C@@H]4O[C@@]45C[C@@H](OS(C)(=O)=O)CC[C@]5(C)[C@H]3CC[C@]12C. The molecule has 5 rings (SSSR count). The second kappa shape index (κ2) is 5.82. The lowest BCUT2D eigenvalue weighted by Gasteiger charge is -2.59. The molecule has 0 bridgehead atoms. The standard InChI is InChI=1S/C22H34O5S/c1-13(23)16-5-6-17-15-11-19-22(26-19)12-14(27-28(4,24)25)7-10-21(22,3)18(15)8-9-20(16,17)2/h14-19H,5-12H2,1-4H3/t14-,15-,16+,17-,18-,19-,20+,21+,22-/m0/s1. The third-order valence-corrected chi connectivity index (χ3v) is 10.5. The van der Waals surface area contributed by atoms with Gasteiger partial charge in [-0.1, -0.05) is 13.8 Å². The van der Waals surface area contributed by atoms with Crippen LogP contribution in [-0.2, 0) is 23.8 Å². The number of carbonyl (C=O) groups excluding carboxylic acids is 1. The molecule has 1 spiro atoms. The highest BCUT2D eigenvalue weighted by atomic mass is 32.2. The van der Waals surface area contributed by atoms with E-state index in [1.807, 2.05) is 0 Å². The van der Waals surface area contributed by atoms with Crippen molar-refractivity contribution in [3.63, 3.8) is 0 Å². The van der Waals surface area contributed by atoms with E-state index in [4.69, 9.17) is 8.92 Å². The largest absolute Gasteiger partial charge is 0.365 e. The first-order valence-electron chi connectivity index (χ1n) is 11.1. The third-order valence-electron chi connectivity index (χ3n) is 9.84. The summed E-state index contributed by atoms with van der Waals surface area (Å²) in [6.45, 7) is 6.56. The Morgan fingerprint density at radius 3 is 2.50 bits per heavy atom. The van der Waals surface area contributed by atoms with Gasteiger partial charge in [-0.25, -0.2) is 0 Å². The molecule has 1 saturated heterocycles. The summed E-state index contributed by atoms with van der Waals surface area (Å²) in [7, 11) is -3.43. The van der Waals surface area contributed by atoms with E-state index in [9.17, 15) is 13.2 Å². The van der Waals surface area contributed by atoms with Crippen molar-refractivity contribution in [3.05, 3.63) is 0 Å². The minimum absolute atomic E-state index is 0.105. The van der Waals surface area contributed by atoms with Gasteiger partial charge in [0.1, 0.15) is 11.4 Å². The number of carbonyl (C=O) groups is 1. The number of hydrogen-bond acceptors (Lipinski definition) is 5. The first kappa shape index (κ1) is 19.5. The fourth-order valence-corrected chi connectivity index (χ4v) is 9.30. The second-order valence-electron chi connectivity index (χ2n) is 11.0. The van der Waals surface area contributed by atoms with E-state index in [0.717, 1.165) is 38.4 Å². The van der Waals surface area contributed by atoms with Gasteiger partial charge in [-0.3, -0.25) is 8.98 Å². The van der Waals surface area contributed by atoms with Crippen LogP contribution in [0, 0.1) is 34.5 Å². The summed E-state index contributed by atoms with van der Waals surface area (Å²) in [4.78, 5) is 12.3. The van der Waals surface area contributed by atoms with Crippen LogP contribution in [0.2, 0.25) is 0 Å². The minimum atomic E-state index is -3.43. The van der Waals surface area contributed by atoms with Crippen molar-refractivity contribution in [2.75, 3.05) is 6.26 Å². The van der Waals surface area contributed by atoms with E-state index in [-0.39, 0.29) is 34.6 Å². The zero-order valence-corrected chi connectivity index (χ0v) is 18.4. The molecule has 0 aromatic heterocycles. The molecule has 0 aromatic carbocycles. The van der Waals surface area contributed by atoms with Gasteiger partial charge < -0.3 is 4.74 Å². The Morgan fingerprint density at radius 1 is 1.07 bits per heavy atom.